The van der Waals surface area contributed by atoms with Gasteiger partial charge in [-0.2, -0.15) is 0 Å². The van der Waals surface area contributed by atoms with E-state index in [-0.39, 0.29) is 17.0 Å². The van der Waals surface area contributed by atoms with Crippen LogP contribution in [0.25, 0.3) is 0 Å². The van der Waals surface area contributed by atoms with Crippen LogP contribution in [-0.2, 0) is 20.8 Å². The van der Waals surface area contributed by atoms with Crippen molar-refractivity contribution in [1.82, 2.24) is 5.48 Å². The Kier molecular flexibility index (Phi) is 4.86. The highest BCUT2D eigenvalue weighted by Crippen LogP contribution is 2.19. The second-order valence-corrected chi connectivity index (χ2v) is 3.49. The molecule has 0 aliphatic heterocycles. The number of carbonyl (C=O) groups is 2. The van der Waals surface area contributed by atoms with Crippen LogP contribution in [0, 0.1) is 5.82 Å². The molecule has 1 aromatic carbocycles. The van der Waals surface area contributed by atoms with Crippen molar-refractivity contribution in [3.8, 4) is 0 Å². The van der Waals surface area contributed by atoms with Crippen molar-refractivity contribution < 1.29 is 23.9 Å². The molecule has 0 unspecified atom stereocenters. The smallest absolute Gasteiger partial charge is 0.332 e. The average molecular weight is 262 g/mol. The topological polar surface area (TPSA) is 75.6 Å². The molecule has 0 spiro atoms. The van der Waals surface area contributed by atoms with Crippen LogP contribution >= 0.6 is 11.6 Å². The summed E-state index contributed by atoms with van der Waals surface area (Å²) >= 11 is 5.70. The van der Waals surface area contributed by atoms with Gasteiger partial charge in [0.15, 0.2) is 6.61 Å². The summed E-state index contributed by atoms with van der Waals surface area (Å²) in [5.74, 6) is -2.52. The van der Waals surface area contributed by atoms with Gasteiger partial charge < -0.3 is 5.11 Å². The Morgan fingerprint density at radius 3 is 2.76 bits per heavy atom. The highest BCUT2D eigenvalue weighted by molar-refractivity contribution is 6.31. The van der Waals surface area contributed by atoms with Crippen molar-refractivity contribution in [1.29, 1.82) is 0 Å². The number of benzene rings is 1. The van der Waals surface area contributed by atoms with E-state index in [0.717, 1.165) is 0 Å². The molecular weight excluding hydrogens is 253 g/mol. The molecule has 0 aliphatic rings. The van der Waals surface area contributed by atoms with Crippen molar-refractivity contribution in [2.75, 3.05) is 6.61 Å². The van der Waals surface area contributed by atoms with Gasteiger partial charge in [0.1, 0.15) is 5.82 Å². The standard InChI is InChI=1S/C10H9ClFNO4/c11-7-2-1-3-8(12)6(7)4-9(14)13-17-5-10(15)16/h1-3H,4-5H2,(H,13,14)(H,15,16). The molecule has 0 saturated heterocycles. The van der Waals surface area contributed by atoms with Crippen LogP contribution in [0.1, 0.15) is 5.56 Å². The minimum absolute atomic E-state index is 0.0330. The van der Waals surface area contributed by atoms with Gasteiger partial charge in [0, 0.05) is 10.6 Å². The summed E-state index contributed by atoms with van der Waals surface area (Å²) < 4.78 is 13.3. The summed E-state index contributed by atoms with van der Waals surface area (Å²) in [6.07, 6.45) is -0.328. The lowest BCUT2D eigenvalue weighted by atomic mass is 10.1. The predicted molar refractivity (Wildman–Crippen MR) is 56.8 cm³/mol. The first-order valence-electron chi connectivity index (χ1n) is 4.56. The van der Waals surface area contributed by atoms with E-state index in [1.165, 1.54) is 18.2 Å². The summed E-state index contributed by atoms with van der Waals surface area (Å²) in [5.41, 5.74) is 1.90. The SMILES string of the molecule is O=C(O)CONC(=O)Cc1c(F)cccc1Cl. The fourth-order valence-corrected chi connectivity index (χ4v) is 1.31. The summed E-state index contributed by atoms with van der Waals surface area (Å²) in [6, 6.07) is 4.04. The second kappa shape index (κ2) is 6.17. The number of carbonyl (C=O) groups excluding carboxylic acids is 1. The third-order valence-corrected chi connectivity index (χ3v) is 2.13. The fourth-order valence-electron chi connectivity index (χ4n) is 1.08. The number of hydrogen-bond donors (Lipinski definition) is 2. The van der Waals surface area contributed by atoms with Crippen LogP contribution in [0.4, 0.5) is 4.39 Å². The van der Waals surface area contributed by atoms with Gasteiger partial charge >= 0.3 is 5.97 Å². The molecule has 0 atom stereocenters. The zero-order valence-corrected chi connectivity index (χ0v) is 9.33. The molecule has 17 heavy (non-hydrogen) atoms. The Morgan fingerprint density at radius 1 is 1.47 bits per heavy atom. The number of halogens is 2. The molecule has 5 nitrogen and oxygen atoms in total. The molecule has 0 aromatic heterocycles. The molecule has 2 N–H and O–H groups in total. The quantitative estimate of drug-likeness (QED) is 0.780. The Balaban J connectivity index is 2.53. The van der Waals surface area contributed by atoms with Crippen LogP contribution in [0.5, 0.6) is 0 Å². The molecule has 0 saturated carbocycles. The molecule has 0 radical (unpaired) electrons. The monoisotopic (exact) mass is 261 g/mol. The number of carboxylic acids is 1. The summed E-state index contributed by atoms with van der Waals surface area (Å²) in [5, 5.41) is 8.37. The van der Waals surface area contributed by atoms with Crippen molar-refractivity contribution >= 4 is 23.5 Å². The predicted octanol–water partition coefficient (Wildman–Crippen LogP) is 1.15. The van der Waals surface area contributed by atoms with E-state index >= 15 is 0 Å². The maximum atomic E-state index is 13.3. The lowest BCUT2D eigenvalue weighted by Gasteiger charge is -2.06. The van der Waals surface area contributed by atoms with Gasteiger partial charge in [-0.25, -0.2) is 14.7 Å². The van der Waals surface area contributed by atoms with E-state index < -0.39 is 24.3 Å². The highest BCUT2D eigenvalue weighted by Gasteiger charge is 2.12. The molecule has 7 heteroatoms. The van der Waals surface area contributed by atoms with Crippen molar-refractivity contribution in [3.05, 3.63) is 34.6 Å². The van der Waals surface area contributed by atoms with Crippen molar-refractivity contribution in [2.45, 2.75) is 6.42 Å². The minimum atomic E-state index is -1.23. The van der Waals surface area contributed by atoms with Gasteiger partial charge in [-0.15, -0.1) is 0 Å². The van der Waals surface area contributed by atoms with Crippen LogP contribution in [-0.4, -0.2) is 23.6 Å². The van der Waals surface area contributed by atoms with E-state index in [4.69, 9.17) is 16.7 Å². The molecular formula is C10H9ClFNO4. The summed E-state index contributed by atoms with van der Waals surface area (Å²) in [4.78, 5) is 25.7. The first-order chi connectivity index (χ1) is 8.00. The van der Waals surface area contributed by atoms with E-state index in [9.17, 15) is 14.0 Å². The van der Waals surface area contributed by atoms with Gasteiger partial charge in [0.2, 0.25) is 5.91 Å². The molecule has 1 rings (SSSR count). The molecule has 1 amide bonds. The van der Waals surface area contributed by atoms with Gasteiger partial charge in [-0.05, 0) is 12.1 Å². The first kappa shape index (κ1) is 13.4. The number of rotatable bonds is 5. The molecule has 92 valence electrons. The van der Waals surface area contributed by atoms with E-state index in [1.54, 1.807) is 0 Å². The Morgan fingerprint density at radius 2 is 2.18 bits per heavy atom. The van der Waals surface area contributed by atoms with E-state index in [1.807, 2.05) is 5.48 Å². The van der Waals surface area contributed by atoms with Crippen LogP contribution in [0.15, 0.2) is 18.2 Å². The molecule has 0 heterocycles. The van der Waals surface area contributed by atoms with E-state index in [0.29, 0.717) is 0 Å². The highest BCUT2D eigenvalue weighted by atomic mass is 35.5. The number of amides is 1. The maximum absolute atomic E-state index is 13.3. The van der Waals surface area contributed by atoms with Gasteiger partial charge in [-0.1, -0.05) is 17.7 Å². The number of nitrogens with one attached hydrogen (secondary N) is 1. The zero-order chi connectivity index (χ0) is 12.8. The zero-order valence-electron chi connectivity index (χ0n) is 8.57. The average Bonchev–Trinajstić information content (AvgIpc) is 2.23. The minimum Gasteiger partial charge on any atom is -0.479 e. The Bertz CT molecular complexity index is 418. The van der Waals surface area contributed by atoms with Gasteiger partial charge in [0.25, 0.3) is 0 Å². The second-order valence-electron chi connectivity index (χ2n) is 3.08. The number of carboxylic acid groups (broad SMARTS) is 1. The number of hydroxylamine groups is 1. The lowest BCUT2D eigenvalue weighted by Crippen LogP contribution is -2.28. The lowest BCUT2D eigenvalue weighted by molar-refractivity contribution is -0.149. The van der Waals surface area contributed by atoms with Crippen LogP contribution in [0.2, 0.25) is 5.02 Å². The molecule has 0 aliphatic carbocycles. The van der Waals surface area contributed by atoms with Gasteiger partial charge in [-0.3, -0.25) is 9.63 Å². The normalized spacial score (nSPS) is 10.0. The first-order valence-corrected chi connectivity index (χ1v) is 4.94. The van der Waals surface area contributed by atoms with E-state index in [2.05, 4.69) is 4.84 Å². The molecule has 0 bridgehead atoms. The summed E-state index contributed by atoms with van der Waals surface area (Å²) in [6.45, 7) is -0.670. The Labute approximate surface area is 101 Å². The third kappa shape index (κ3) is 4.38. The third-order valence-electron chi connectivity index (χ3n) is 1.78. The van der Waals surface area contributed by atoms with Crippen LogP contribution in [0.3, 0.4) is 0 Å². The molecule has 0 fully saturated rings. The molecule has 1 aromatic rings. The Hall–Kier alpha value is -1.66. The number of hydrogen-bond acceptors (Lipinski definition) is 3. The summed E-state index contributed by atoms with van der Waals surface area (Å²) in [7, 11) is 0. The van der Waals surface area contributed by atoms with Crippen molar-refractivity contribution in [2.24, 2.45) is 0 Å². The number of aliphatic carboxylic acids is 1. The maximum Gasteiger partial charge on any atom is 0.332 e. The van der Waals surface area contributed by atoms with Crippen molar-refractivity contribution in [3.63, 3.8) is 0 Å². The van der Waals surface area contributed by atoms with Gasteiger partial charge in [0.05, 0.1) is 6.42 Å². The van der Waals surface area contributed by atoms with Crippen LogP contribution < -0.4 is 5.48 Å². The fraction of sp³-hybridized carbons (Fsp3) is 0.200. The largest absolute Gasteiger partial charge is 0.479 e.